The van der Waals surface area contributed by atoms with Gasteiger partial charge in [0.1, 0.15) is 11.3 Å². The van der Waals surface area contributed by atoms with E-state index in [1.54, 1.807) is 6.92 Å². The number of hydrogen-bond acceptors (Lipinski definition) is 5. The number of fused-ring (bicyclic) bond motifs is 1. The van der Waals surface area contributed by atoms with E-state index in [0.717, 1.165) is 16.5 Å². The molecule has 2 aromatic rings. The highest BCUT2D eigenvalue weighted by Gasteiger charge is 2.45. The van der Waals surface area contributed by atoms with Crippen LogP contribution in [0.4, 0.5) is 0 Å². The second-order valence-electron chi connectivity index (χ2n) is 8.10. The van der Waals surface area contributed by atoms with E-state index in [1.165, 1.54) is 0 Å². The number of nitrogens with two attached hydrogens (primary N) is 1. The fraction of sp³-hybridized carbons (Fsp3) is 0.364. The third-order valence-corrected chi connectivity index (χ3v) is 5.38. The van der Waals surface area contributed by atoms with Crippen molar-refractivity contribution in [2.45, 2.75) is 39.5 Å². The number of carbonyl (C=O) groups is 2. The number of H-pyrrole nitrogens is 1. The van der Waals surface area contributed by atoms with Gasteiger partial charge in [-0.1, -0.05) is 32.0 Å². The van der Waals surface area contributed by atoms with Crippen molar-refractivity contribution in [2.75, 3.05) is 6.61 Å². The third kappa shape index (κ3) is 2.89. The zero-order valence-corrected chi connectivity index (χ0v) is 16.3. The summed E-state index contributed by atoms with van der Waals surface area (Å²) in [6, 6.07) is 7.78. The highest BCUT2D eigenvalue weighted by molar-refractivity contribution is 6.05. The lowest BCUT2D eigenvalue weighted by molar-refractivity contribution is -0.139. The standard InChI is InChI=1S/C22H24N2O4/c1-4-27-21(26)19-17(13-11-24-14-8-6-5-7-12(13)14)18-15(25)9-22(2,3)10-16(18)28-20(19)23/h5-8,11,17,24H,4,9-10,23H2,1-3H3. The number of carbonyl (C=O) groups excluding carboxylic acids is 2. The van der Waals surface area contributed by atoms with E-state index >= 15 is 0 Å². The number of nitrogens with one attached hydrogen (secondary N) is 1. The largest absolute Gasteiger partial charge is 0.462 e. The number of ketones is 1. The minimum absolute atomic E-state index is 0.0120. The molecule has 1 unspecified atom stereocenters. The summed E-state index contributed by atoms with van der Waals surface area (Å²) in [5, 5.41) is 0.938. The molecule has 1 aromatic carbocycles. The van der Waals surface area contributed by atoms with Crippen LogP contribution in [0.1, 0.15) is 45.1 Å². The van der Waals surface area contributed by atoms with Gasteiger partial charge in [0, 0.05) is 35.5 Å². The average Bonchev–Trinajstić information content (AvgIpc) is 3.03. The summed E-state index contributed by atoms with van der Waals surface area (Å²) in [6.07, 6.45) is 2.82. The van der Waals surface area contributed by atoms with Crippen molar-refractivity contribution < 1.29 is 19.1 Å². The molecule has 0 amide bonds. The summed E-state index contributed by atoms with van der Waals surface area (Å²) in [5.74, 6) is -0.613. The van der Waals surface area contributed by atoms with Crippen LogP contribution in [0.5, 0.6) is 0 Å². The Labute approximate surface area is 163 Å². The highest BCUT2D eigenvalue weighted by atomic mass is 16.5. The van der Waals surface area contributed by atoms with Crippen LogP contribution in [0.25, 0.3) is 10.9 Å². The minimum Gasteiger partial charge on any atom is -0.462 e. The van der Waals surface area contributed by atoms with Crippen LogP contribution in [0, 0.1) is 5.41 Å². The van der Waals surface area contributed by atoms with E-state index < -0.39 is 11.9 Å². The molecule has 6 heteroatoms. The van der Waals surface area contributed by atoms with Crippen LogP contribution in [0.15, 0.2) is 53.3 Å². The van der Waals surface area contributed by atoms with E-state index in [2.05, 4.69) is 4.98 Å². The van der Waals surface area contributed by atoms with E-state index in [0.29, 0.717) is 24.2 Å². The maximum Gasteiger partial charge on any atom is 0.340 e. The van der Waals surface area contributed by atoms with Gasteiger partial charge in [-0.05, 0) is 24.0 Å². The maximum absolute atomic E-state index is 13.2. The number of ether oxygens (including phenoxy) is 2. The molecule has 1 aliphatic heterocycles. The molecule has 0 saturated heterocycles. The van der Waals surface area contributed by atoms with Gasteiger partial charge >= 0.3 is 5.97 Å². The summed E-state index contributed by atoms with van der Waals surface area (Å²) in [5.41, 5.74) is 8.43. The van der Waals surface area contributed by atoms with Gasteiger partial charge in [-0.3, -0.25) is 4.79 Å². The van der Waals surface area contributed by atoms with Crippen molar-refractivity contribution in [2.24, 2.45) is 11.1 Å². The van der Waals surface area contributed by atoms with Crippen molar-refractivity contribution in [3.63, 3.8) is 0 Å². The average molecular weight is 380 g/mol. The maximum atomic E-state index is 13.2. The molecule has 2 heterocycles. The van der Waals surface area contributed by atoms with Gasteiger partial charge in [0.2, 0.25) is 5.88 Å². The van der Waals surface area contributed by atoms with Crippen LogP contribution >= 0.6 is 0 Å². The zero-order valence-electron chi connectivity index (χ0n) is 16.3. The predicted molar refractivity (Wildman–Crippen MR) is 105 cm³/mol. The topological polar surface area (TPSA) is 94.4 Å². The van der Waals surface area contributed by atoms with Gasteiger partial charge in [0.25, 0.3) is 0 Å². The van der Waals surface area contributed by atoms with Gasteiger partial charge in [0.05, 0.1) is 12.5 Å². The Hall–Kier alpha value is -3.02. The Balaban J connectivity index is 1.94. The molecule has 28 heavy (non-hydrogen) atoms. The second kappa shape index (κ2) is 6.55. The molecule has 1 atom stereocenters. The van der Waals surface area contributed by atoms with Crippen molar-refractivity contribution in [1.29, 1.82) is 0 Å². The van der Waals surface area contributed by atoms with E-state index in [4.69, 9.17) is 15.2 Å². The first-order valence-corrected chi connectivity index (χ1v) is 9.49. The lowest BCUT2D eigenvalue weighted by atomic mass is 9.70. The fourth-order valence-electron chi connectivity index (χ4n) is 4.24. The molecular weight excluding hydrogens is 356 g/mol. The molecule has 0 saturated carbocycles. The molecule has 3 N–H and O–H groups in total. The first kappa shape index (κ1) is 18.3. The first-order valence-electron chi connectivity index (χ1n) is 9.49. The predicted octanol–water partition coefficient (Wildman–Crippen LogP) is 3.66. The number of rotatable bonds is 3. The lowest BCUT2D eigenvalue weighted by Gasteiger charge is -2.37. The Morgan fingerprint density at radius 3 is 2.82 bits per heavy atom. The number of benzene rings is 1. The monoisotopic (exact) mass is 380 g/mol. The van der Waals surface area contributed by atoms with E-state index in [1.807, 2.05) is 44.3 Å². The normalized spacial score (nSPS) is 21.5. The molecule has 4 rings (SSSR count). The Kier molecular flexibility index (Phi) is 4.29. The Morgan fingerprint density at radius 1 is 1.32 bits per heavy atom. The first-order chi connectivity index (χ1) is 13.3. The number of aromatic amines is 1. The summed E-state index contributed by atoms with van der Waals surface area (Å²) < 4.78 is 11.1. The quantitative estimate of drug-likeness (QED) is 0.793. The highest BCUT2D eigenvalue weighted by Crippen LogP contribution is 2.49. The second-order valence-corrected chi connectivity index (χ2v) is 8.10. The molecule has 0 bridgehead atoms. The smallest absolute Gasteiger partial charge is 0.340 e. The summed E-state index contributed by atoms with van der Waals surface area (Å²) >= 11 is 0. The number of hydrogen-bond donors (Lipinski definition) is 2. The summed E-state index contributed by atoms with van der Waals surface area (Å²) in [6.45, 7) is 6.00. The van der Waals surface area contributed by atoms with Crippen LogP contribution in [0.2, 0.25) is 0 Å². The molecule has 146 valence electrons. The molecule has 0 fully saturated rings. The van der Waals surface area contributed by atoms with Crippen molar-refractivity contribution in [3.05, 3.63) is 58.8 Å². The van der Waals surface area contributed by atoms with Gasteiger partial charge in [-0.25, -0.2) is 4.79 Å². The fourth-order valence-corrected chi connectivity index (χ4v) is 4.24. The molecule has 1 aromatic heterocycles. The molecular formula is C22H24N2O4. The van der Waals surface area contributed by atoms with Gasteiger partial charge < -0.3 is 20.2 Å². The molecule has 6 nitrogen and oxygen atoms in total. The van der Waals surface area contributed by atoms with Crippen LogP contribution < -0.4 is 5.73 Å². The molecule has 0 radical (unpaired) electrons. The van der Waals surface area contributed by atoms with Crippen molar-refractivity contribution in [1.82, 2.24) is 4.98 Å². The number of para-hydroxylation sites is 1. The number of Topliss-reactive ketones (excluding diaryl/α,β-unsaturated/α-hetero) is 1. The van der Waals surface area contributed by atoms with E-state index in [-0.39, 0.29) is 29.3 Å². The van der Waals surface area contributed by atoms with Gasteiger partial charge in [0.15, 0.2) is 5.78 Å². The van der Waals surface area contributed by atoms with Crippen molar-refractivity contribution >= 4 is 22.7 Å². The SMILES string of the molecule is CCOC(=O)C1=C(N)OC2=C(C(=O)CC(C)(C)C2)C1c1c[nH]c2ccccc12. The molecule has 1 aliphatic carbocycles. The number of allylic oxidation sites excluding steroid dienone is 2. The van der Waals surface area contributed by atoms with Gasteiger partial charge in [-0.2, -0.15) is 0 Å². The summed E-state index contributed by atoms with van der Waals surface area (Å²) in [7, 11) is 0. The Bertz CT molecular complexity index is 1040. The van der Waals surface area contributed by atoms with Crippen LogP contribution in [0.3, 0.4) is 0 Å². The minimum atomic E-state index is -0.609. The molecule has 2 aliphatic rings. The summed E-state index contributed by atoms with van der Waals surface area (Å²) in [4.78, 5) is 29.2. The van der Waals surface area contributed by atoms with E-state index in [9.17, 15) is 9.59 Å². The molecule has 0 spiro atoms. The number of aromatic nitrogens is 1. The van der Waals surface area contributed by atoms with Gasteiger partial charge in [-0.15, -0.1) is 0 Å². The van der Waals surface area contributed by atoms with Crippen LogP contribution in [-0.4, -0.2) is 23.3 Å². The third-order valence-electron chi connectivity index (χ3n) is 5.38. The Morgan fingerprint density at radius 2 is 2.07 bits per heavy atom. The lowest BCUT2D eigenvalue weighted by Crippen LogP contribution is -2.35. The number of esters is 1. The van der Waals surface area contributed by atoms with Crippen LogP contribution in [-0.2, 0) is 19.1 Å². The zero-order chi connectivity index (χ0) is 20.1. The van der Waals surface area contributed by atoms with Crippen molar-refractivity contribution in [3.8, 4) is 0 Å².